The second-order valence-electron chi connectivity index (χ2n) is 4.83. The number of thioether (sulfide) groups is 1. The maximum absolute atomic E-state index is 11.6. The smallest absolute Gasteiger partial charge is 0.251 e. The number of hydrogen-bond donors (Lipinski definition) is 2. The van der Waals surface area contributed by atoms with Crippen molar-refractivity contribution in [1.29, 1.82) is 0 Å². The van der Waals surface area contributed by atoms with E-state index in [2.05, 4.69) is 24.2 Å². The fraction of sp³-hybridized carbons (Fsp3) is 0.909. The zero-order valence-corrected chi connectivity index (χ0v) is 11.3. The van der Waals surface area contributed by atoms with E-state index < -0.39 is 0 Å². The Kier molecular flexibility index (Phi) is 5.08. The van der Waals surface area contributed by atoms with Gasteiger partial charge in [0.05, 0.1) is 6.04 Å². The summed E-state index contributed by atoms with van der Waals surface area (Å²) in [5, 5.41) is 0. The van der Waals surface area contributed by atoms with Crippen LogP contribution in [-0.2, 0) is 4.79 Å². The molecule has 0 saturated carbocycles. The molecule has 0 aromatic carbocycles. The Morgan fingerprint density at radius 2 is 2.25 bits per heavy atom. The fourth-order valence-corrected chi connectivity index (χ4v) is 3.17. The molecule has 0 aliphatic carbocycles. The van der Waals surface area contributed by atoms with Crippen molar-refractivity contribution in [3.8, 4) is 0 Å². The first kappa shape index (κ1) is 13.8. The second kappa shape index (κ2) is 5.89. The normalized spacial score (nSPS) is 23.5. The van der Waals surface area contributed by atoms with Crippen LogP contribution in [0.15, 0.2) is 0 Å². The van der Waals surface area contributed by atoms with Gasteiger partial charge in [0.15, 0.2) is 0 Å². The number of nitrogens with one attached hydrogen (secondary N) is 1. The van der Waals surface area contributed by atoms with Crippen molar-refractivity contribution in [3.05, 3.63) is 0 Å². The highest BCUT2D eigenvalue weighted by molar-refractivity contribution is 8.00. The first-order valence-electron chi connectivity index (χ1n) is 5.88. The molecule has 4 nitrogen and oxygen atoms in total. The first-order valence-corrected chi connectivity index (χ1v) is 6.87. The molecule has 1 atom stereocenters. The average molecular weight is 245 g/mol. The predicted octanol–water partition coefficient (Wildman–Crippen LogP) is 0.972. The molecule has 1 unspecified atom stereocenters. The van der Waals surface area contributed by atoms with Gasteiger partial charge in [0.2, 0.25) is 0 Å². The molecule has 1 amide bonds. The highest BCUT2D eigenvalue weighted by Crippen LogP contribution is 2.31. The molecule has 0 bridgehead atoms. The highest BCUT2D eigenvalue weighted by Gasteiger charge is 2.29. The van der Waals surface area contributed by atoms with Crippen LogP contribution in [0.3, 0.4) is 0 Å². The molecular weight excluding hydrogens is 222 g/mol. The summed E-state index contributed by atoms with van der Waals surface area (Å²) in [7, 11) is 0. The molecule has 0 aromatic rings. The zero-order chi connectivity index (χ0) is 12.2. The Hall–Kier alpha value is -0.260. The van der Waals surface area contributed by atoms with Crippen molar-refractivity contribution in [2.45, 2.75) is 44.4 Å². The van der Waals surface area contributed by atoms with Crippen LogP contribution in [0.4, 0.5) is 0 Å². The Morgan fingerprint density at radius 1 is 1.56 bits per heavy atom. The molecule has 3 N–H and O–H groups in total. The lowest BCUT2D eigenvalue weighted by atomic mass is 10.1. The number of hydrogen-bond acceptors (Lipinski definition) is 4. The van der Waals surface area contributed by atoms with Crippen LogP contribution in [0.1, 0.15) is 33.6 Å². The summed E-state index contributed by atoms with van der Waals surface area (Å²) >= 11 is 1.99. The van der Waals surface area contributed by atoms with Crippen LogP contribution >= 0.6 is 11.8 Å². The number of amides is 1. The van der Waals surface area contributed by atoms with E-state index in [-0.39, 0.29) is 11.9 Å². The molecule has 1 aliphatic rings. The Labute approximate surface area is 102 Å². The lowest BCUT2D eigenvalue weighted by Crippen LogP contribution is -2.49. The molecule has 1 saturated heterocycles. The van der Waals surface area contributed by atoms with Gasteiger partial charge >= 0.3 is 0 Å². The molecule has 0 aromatic heterocycles. The van der Waals surface area contributed by atoms with Crippen LogP contribution in [-0.4, -0.2) is 40.4 Å². The molecular formula is C11H23N3OS. The number of nitrogens with two attached hydrogens (primary N) is 1. The van der Waals surface area contributed by atoms with E-state index in [1.165, 1.54) is 0 Å². The van der Waals surface area contributed by atoms with Gasteiger partial charge in [-0.25, -0.2) is 5.84 Å². The van der Waals surface area contributed by atoms with Gasteiger partial charge in [-0.3, -0.25) is 15.1 Å². The topological polar surface area (TPSA) is 58.4 Å². The van der Waals surface area contributed by atoms with Crippen LogP contribution in [0.2, 0.25) is 0 Å². The van der Waals surface area contributed by atoms with Gasteiger partial charge in [-0.1, -0.05) is 20.8 Å². The zero-order valence-electron chi connectivity index (χ0n) is 10.5. The van der Waals surface area contributed by atoms with Gasteiger partial charge in [-0.2, -0.15) is 11.8 Å². The largest absolute Gasteiger partial charge is 0.293 e. The van der Waals surface area contributed by atoms with Crippen molar-refractivity contribution in [2.24, 2.45) is 5.84 Å². The summed E-state index contributed by atoms with van der Waals surface area (Å²) in [5.41, 5.74) is 2.27. The summed E-state index contributed by atoms with van der Waals surface area (Å²) < 4.78 is 0.326. The lowest BCUT2D eigenvalue weighted by molar-refractivity contribution is -0.126. The van der Waals surface area contributed by atoms with Crippen LogP contribution in [0.5, 0.6) is 0 Å². The number of carbonyl (C=O) groups excluding carboxylic acids is 1. The van der Waals surface area contributed by atoms with Gasteiger partial charge in [0.25, 0.3) is 5.91 Å². The number of carbonyl (C=O) groups is 1. The molecule has 1 heterocycles. The van der Waals surface area contributed by atoms with Crippen molar-refractivity contribution < 1.29 is 4.79 Å². The van der Waals surface area contributed by atoms with Gasteiger partial charge < -0.3 is 0 Å². The number of hydrazine groups is 1. The number of rotatable bonds is 3. The van der Waals surface area contributed by atoms with Crippen LogP contribution in [0.25, 0.3) is 0 Å². The lowest BCUT2D eigenvalue weighted by Gasteiger charge is -2.28. The molecule has 5 heteroatoms. The molecule has 1 rings (SSSR count). The summed E-state index contributed by atoms with van der Waals surface area (Å²) in [6.45, 7) is 8.52. The van der Waals surface area contributed by atoms with Gasteiger partial charge in [0.1, 0.15) is 0 Å². The van der Waals surface area contributed by atoms with E-state index in [0.717, 1.165) is 31.7 Å². The van der Waals surface area contributed by atoms with Crippen molar-refractivity contribution in [2.75, 3.05) is 18.8 Å². The highest BCUT2D eigenvalue weighted by atomic mass is 32.2. The first-order chi connectivity index (χ1) is 7.50. The third kappa shape index (κ3) is 3.64. The molecule has 1 aliphatic heterocycles. The van der Waals surface area contributed by atoms with Crippen LogP contribution < -0.4 is 11.3 Å². The van der Waals surface area contributed by atoms with Crippen molar-refractivity contribution in [1.82, 2.24) is 10.3 Å². The summed E-state index contributed by atoms with van der Waals surface area (Å²) in [6, 6.07) is -0.0699. The third-order valence-corrected chi connectivity index (χ3v) is 4.52. The maximum atomic E-state index is 11.6. The van der Waals surface area contributed by atoms with Crippen LogP contribution in [0, 0.1) is 0 Å². The SMILES string of the molecule is CCC(C(=O)NN)N1CCSC(C)(C)CC1. The second-order valence-corrected chi connectivity index (χ2v) is 6.63. The van der Waals surface area contributed by atoms with Gasteiger partial charge in [-0.15, -0.1) is 0 Å². The Morgan fingerprint density at radius 3 is 2.81 bits per heavy atom. The van der Waals surface area contributed by atoms with Gasteiger partial charge in [-0.05, 0) is 12.8 Å². The summed E-state index contributed by atoms with van der Waals surface area (Å²) in [6.07, 6.45) is 1.93. The summed E-state index contributed by atoms with van der Waals surface area (Å²) in [5.74, 6) is 6.24. The predicted molar refractivity (Wildman–Crippen MR) is 69.1 cm³/mol. The Balaban J connectivity index is 2.62. The van der Waals surface area contributed by atoms with E-state index in [0.29, 0.717) is 4.75 Å². The van der Waals surface area contributed by atoms with E-state index in [9.17, 15) is 4.79 Å². The summed E-state index contributed by atoms with van der Waals surface area (Å²) in [4.78, 5) is 13.9. The minimum Gasteiger partial charge on any atom is -0.293 e. The Bertz CT molecular complexity index is 245. The third-order valence-electron chi connectivity index (χ3n) is 3.14. The monoisotopic (exact) mass is 245 g/mol. The minimum absolute atomic E-state index is 0.0628. The quantitative estimate of drug-likeness (QED) is 0.442. The number of nitrogens with zero attached hydrogens (tertiary/aromatic N) is 1. The molecule has 16 heavy (non-hydrogen) atoms. The van der Waals surface area contributed by atoms with Crippen molar-refractivity contribution >= 4 is 17.7 Å². The molecule has 94 valence electrons. The van der Waals surface area contributed by atoms with E-state index in [4.69, 9.17) is 5.84 Å². The fourth-order valence-electron chi connectivity index (χ4n) is 2.05. The molecule has 0 spiro atoms. The van der Waals surface area contributed by atoms with Gasteiger partial charge in [0, 0.05) is 23.6 Å². The standard InChI is InChI=1S/C11H23N3OS/c1-4-9(10(15)13-12)14-6-5-11(2,3)16-8-7-14/h9H,4-8,12H2,1-3H3,(H,13,15). The average Bonchev–Trinajstić information content (AvgIpc) is 2.41. The maximum Gasteiger partial charge on any atom is 0.251 e. The van der Waals surface area contributed by atoms with E-state index >= 15 is 0 Å². The van der Waals surface area contributed by atoms with Crippen molar-refractivity contribution in [3.63, 3.8) is 0 Å². The van der Waals surface area contributed by atoms with E-state index in [1.54, 1.807) is 0 Å². The van der Waals surface area contributed by atoms with E-state index in [1.807, 2.05) is 18.7 Å². The minimum atomic E-state index is -0.0699. The molecule has 0 radical (unpaired) electrons. The molecule has 1 fully saturated rings.